The van der Waals surface area contributed by atoms with E-state index in [-0.39, 0.29) is 5.56 Å². The van der Waals surface area contributed by atoms with Crippen LogP contribution in [-0.2, 0) is 15.9 Å². The summed E-state index contributed by atoms with van der Waals surface area (Å²) < 4.78 is 72.7. The van der Waals surface area contributed by atoms with Crippen molar-refractivity contribution in [2.45, 2.75) is 45.0 Å². The van der Waals surface area contributed by atoms with Gasteiger partial charge in [0, 0.05) is 11.0 Å². The Labute approximate surface area is 125 Å². The second-order valence-electron chi connectivity index (χ2n) is 3.66. The van der Waals surface area contributed by atoms with Crippen LogP contribution in [0.2, 0.25) is 0 Å². The Hall–Kier alpha value is -1.75. The van der Waals surface area contributed by atoms with E-state index in [4.69, 9.17) is 22.8 Å². The second kappa shape index (κ2) is 6.99. The Kier molecular flexibility index (Phi) is 2.43. The third kappa shape index (κ3) is 4.79. The third-order valence-electron chi connectivity index (χ3n) is 2.12. The molecule has 4 N–H and O–H groups in total. The molecule has 0 bridgehead atoms. The Morgan fingerprint density at radius 2 is 2.32 bits per heavy atom. The zero-order valence-corrected chi connectivity index (χ0v) is 10.2. The number of hydrogen-bond acceptors (Lipinski definition) is 5. The van der Waals surface area contributed by atoms with Gasteiger partial charge in [0.05, 0.1) is 7.47 Å². The molecule has 0 aliphatic carbocycles. The Balaban J connectivity index is 3.08. The lowest BCUT2D eigenvalue weighted by atomic mass is 10.1. The van der Waals surface area contributed by atoms with Gasteiger partial charge in [0.25, 0.3) is 0 Å². The van der Waals surface area contributed by atoms with Gasteiger partial charge in [-0.1, -0.05) is 19.3 Å². The molecular weight excluding hydrogens is 246 g/mol. The summed E-state index contributed by atoms with van der Waals surface area (Å²) in [6.45, 7) is -2.46. The molecule has 1 aromatic rings. The minimum atomic E-state index is -3.39. The average molecular weight is 276 g/mol. The highest BCUT2D eigenvalue weighted by atomic mass is 16.5. The van der Waals surface area contributed by atoms with Gasteiger partial charge in [-0.05, 0) is 37.4 Å². The van der Waals surface area contributed by atoms with E-state index in [0.717, 1.165) is 25.1 Å². The molecule has 0 spiro atoms. The molecule has 1 aromatic carbocycles. The maximum Gasteiger partial charge on any atom is 0.323 e. The number of phenols is 2. The van der Waals surface area contributed by atoms with Gasteiger partial charge in [-0.3, -0.25) is 4.79 Å². The first-order valence-corrected chi connectivity index (χ1v) is 5.31. The van der Waals surface area contributed by atoms with Gasteiger partial charge in [-0.25, -0.2) is 0 Å². The summed E-state index contributed by atoms with van der Waals surface area (Å²) >= 11 is 0. The van der Waals surface area contributed by atoms with E-state index in [1.165, 1.54) is 0 Å². The highest BCUT2D eigenvalue weighted by Gasteiger charge is 2.18. The van der Waals surface area contributed by atoms with E-state index in [1.54, 1.807) is 0 Å². The van der Waals surface area contributed by atoms with Crippen molar-refractivity contribution in [1.29, 1.82) is 0 Å². The van der Waals surface area contributed by atoms with Crippen LogP contribution in [0.1, 0.15) is 44.4 Å². The first kappa shape index (κ1) is 6.61. The van der Waals surface area contributed by atoms with Gasteiger partial charge in [-0.2, -0.15) is 0 Å². The predicted octanol–water partition coefficient (Wildman–Crippen LogP) is 1.70. The molecule has 0 radical (unpaired) electrons. The van der Waals surface area contributed by atoms with Gasteiger partial charge >= 0.3 is 5.97 Å². The number of carbonyl (C=O) groups is 1. The maximum absolute atomic E-state index is 12.3. The molecule has 0 aromatic heterocycles. The van der Waals surface area contributed by atoms with Crippen molar-refractivity contribution in [1.82, 2.24) is 0 Å². The van der Waals surface area contributed by atoms with Crippen LogP contribution >= 0.6 is 0 Å². The molecule has 0 heterocycles. The number of benzene rings is 1. The van der Waals surface area contributed by atoms with E-state index < -0.39 is 55.6 Å². The summed E-state index contributed by atoms with van der Waals surface area (Å²) in [5.41, 5.74) is 5.42. The largest absolute Gasteiger partial charge is 0.504 e. The standard InChI is InChI=1S/C14H21NO4/c1-3-4-9(2)19-14(18)11(15)7-10-5-6-12(16)13(17)8-10/h5-6,8-9,11,16-17H,3-4,7,15H2,1-2H3/i1D3,3D2,4D2,7D,11D. The molecule has 106 valence electrons. The lowest BCUT2D eigenvalue weighted by Gasteiger charge is -2.16. The molecule has 3 unspecified atom stereocenters. The topological polar surface area (TPSA) is 92.8 Å². The Morgan fingerprint density at radius 1 is 1.58 bits per heavy atom. The smallest absolute Gasteiger partial charge is 0.323 e. The monoisotopic (exact) mass is 276 g/mol. The predicted molar refractivity (Wildman–Crippen MR) is 71.9 cm³/mol. The molecule has 0 saturated carbocycles. The van der Waals surface area contributed by atoms with Crippen LogP contribution in [0.3, 0.4) is 0 Å². The molecule has 19 heavy (non-hydrogen) atoms. The summed E-state index contributed by atoms with van der Waals surface area (Å²) in [4.78, 5) is 12.3. The van der Waals surface area contributed by atoms with Crippen molar-refractivity contribution in [3.8, 4) is 11.5 Å². The summed E-state index contributed by atoms with van der Waals surface area (Å²) in [5.74, 6) is -2.72. The fourth-order valence-corrected chi connectivity index (χ4v) is 1.23. The van der Waals surface area contributed by atoms with E-state index in [1.807, 2.05) is 0 Å². The van der Waals surface area contributed by atoms with Crippen molar-refractivity contribution in [3.05, 3.63) is 23.8 Å². The van der Waals surface area contributed by atoms with E-state index in [0.29, 0.717) is 0 Å². The maximum atomic E-state index is 12.3. The summed E-state index contributed by atoms with van der Waals surface area (Å²) in [6, 6.07) is 0.249. The first-order valence-electron chi connectivity index (χ1n) is 9.89. The normalized spacial score (nSPS) is 26.3. The van der Waals surface area contributed by atoms with E-state index in [9.17, 15) is 15.0 Å². The number of esters is 1. The molecule has 0 aliphatic rings. The van der Waals surface area contributed by atoms with Crippen molar-refractivity contribution >= 4 is 5.97 Å². The Bertz CT molecular complexity index is 736. The molecule has 0 amide bonds. The van der Waals surface area contributed by atoms with E-state index >= 15 is 0 Å². The van der Waals surface area contributed by atoms with Crippen LogP contribution in [-0.4, -0.2) is 28.3 Å². The first-order chi connectivity index (χ1) is 12.4. The minimum absolute atomic E-state index is 0.127. The van der Waals surface area contributed by atoms with Gasteiger partial charge in [0.15, 0.2) is 11.5 Å². The number of ether oxygens (including phenoxy) is 1. The van der Waals surface area contributed by atoms with Crippen LogP contribution in [0, 0.1) is 0 Å². The minimum Gasteiger partial charge on any atom is -0.504 e. The summed E-state index contributed by atoms with van der Waals surface area (Å²) in [5, 5.41) is 18.8. The van der Waals surface area contributed by atoms with Crippen LogP contribution in [0.25, 0.3) is 0 Å². The number of rotatable bonds is 6. The highest BCUT2D eigenvalue weighted by Crippen LogP contribution is 2.25. The number of phenolic OH excluding ortho intramolecular Hbond substituents is 2. The number of nitrogens with two attached hydrogens (primary N) is 1. The highest BCUT2D eigenvalue weighted by molar-refractivity contribution is 5.76. The van der Waals surface area contributed by atoms with Crippen molar-refractivity contribution < 1.29 is 32.1 Å². The van der Waals surface area contributed by atoms with Gasteiger partial charge in [-0.15, -0.1) is 0 Å². The molecule has 0 saturated heterocycles. The van der Waals surface area contributed by atoms with Crippen molar-refractivity contribution in [2.75, 3.05) is 0 Å². The molecule has 5 nitrogen and oxygen atoms in total. The SMILES string of the molecule is [2H]C(c1ccc(O)c(O)c1)C([2H])(N)C(=O)OC(C)C([2H])([2H])C([2H])([2H])C([2H])([2H])[2H]. The number of aromatic hydroxyl groups is 2. The van der Waals surface area contributed by atoms with Crippen molar-refractivity contribution in [2.24, 2.45) is 5.73 Å². The molecule has 1 rings (SSSR count). The summed E-state index contributed by atoms with van der Waals surface area (Å²) in [6.07, 6.45) is -10.3. The van der Waals surface area contributed by atoms with Crippen LogP contribution in [0.5, 0.6) is 11.5 Å². The molecule has 5 heteroatoms. The van der Waals surface area contributed by atoms with Crippen LogP contribution in [0.15, 0.2) is 18.2 Å². The molecule has 0 fully saturated rings. The summed E-state index contributed by atoms with van der Waals surface area (Å²) in [7, 11) is 0. The van der Waals surface area contributed by atoms with Gasteiger partial charge < -0.3 is 20.7 Å². The van der Waals surface area contributed by atoms with Gasteiger partial charge in [0.2, 0.25) is 0 Å². The quantitative estimate of drug-likeness (QED) is 0.543. The zero-order chi connectivity index (χ0) is 22.3. The zero-order valence-electron chi connectivity index (χ0n) is 19.2. The molecule has 3 atom stereocenters. The third-order valence-corrected chi connectivity index (χ3v) is 2.12. The second-order valence-corrected chi connectivity index (χ2v) is 3.66. The molecular formula is C14H21NO4. The lowest BCUT2D eigenvalue weighted by molar-refractivity contribution is -0.150. The van der Waals surface area contributed by atoms with Crippen LogP contribution in [0.4, 0.5) is 0 Å². The fourth-order valence-electron chi connectivity index (χ4n) is 1.23. The van der Waals surface area contributed by atoms with Crippen molar-refractivity contribution in [3.63, 3.8) is 0 Å². The van der Waals surface area contributed by atoms with Gasteiger partial charge in [0.1, 0.15) is 6.02 Å². The average Bonchev–Trinajstić information content (AvgIpc) is 2.55. The number of carbonyl (C=O) groups excluding carboxylic acids is 1. The Morgan fingerprint density at radius 3 is 2.95 bits per heavy atom. The fraction of sp³-hybridized carbons (Fsp3) is 0.500. The number of hydrogen-bond donors (Lipinski definition) is 3. The van der Waals surface area contributed by atoms with E-state index in [2.05, 4.69) is 0 Å². The molecule has 0 aliphatic heterocycles. The lowest BCUT2D eigenvalue weighted by Crippen LogP contribution is -2.36. The van der Waals surface area contributed by atoms with Crippen LogP contribution < -0.4 is 5.73 Å².